The molecule has 4 heteroatoms. The van der Waals surface area contributed by atoms with Gasteiger partial charge in [-0.1, -0.05) is 30.3 Å². The van der Waals surface area contributed by atoms with Gasteiger partial charge in [-0.15, -0.1) is 0 Å². The van der Waals surface area contributed by atoms with E-state index in [2.05, 4.69) is 47.3 Å². The molecule has 142 valence electrons. The highest BCUT2D eigenvalue weighted by molar-refractivity contribution is 5.83. The van der Waals surface area contributed by atoms with Gasteiger partial charge in [-0.05, 0) is 62.3 Å². The maximum Gasteiger partial charge on any atom is 0.115 e. The number of aromatic nitrogens is 1. The third-order valence-electron chi connectivity index (χ3n) is 5.92. The molecule has 1 aliphatic heterocycles. The van der Waals surface area contributed by atoms with Crippen LogP contribution in [0.1, 0.15) is 29.5 Å². The predicted octanol–water partition coefficient (Wildman–Crippen LogP) is 4.82. The summed E-state index contributed by atoms with van der Waals surface area (Å²) in [5.74, 6) is 0. The Bertz CT molecular complexity index is 882. The number of ether oxygens (including phenoxy) is 1. The normalized spacial score (nSPS) is 17.4. The van der Waals surface area contributed by atoms with Crippen LogP contribution >= 0.6 is 0 Å². The molecule has 3 aromatic rings. The quantitative estimate of drug-likeness (QED) is 0.678. The van der Waals surface area contributed by atoms with Crippen LogP contribution in [0, 0.1) is 0 Å². The zero-order chi connectivity index (χ0) is 18.7. The van der Waals surface area contributed by atoms with E-state index in [-0.39, 0.29) is 5.41 Å². The number of alkyl halides is 1. The fourth-order valence-corrected chi connectivity index (χ4v) is 4.22. The number of piperidine rings is 1. The fourth-order valence-electron chi connectivity index (χ4n) is 4.22. The van der Waals surface area contributed by atoms with E-state index < -0.39 is 6.67 Å². The molecule has 0 bridgehead atoms. The van der Waals surface area contributed by atoms with E-state index >= 15 is 0 Å². The van der Waals surface area contributed by atoms with Gasteiger partial charge in [0.15, 0.2) is 0 Å². The SMILES string of the molecule is CN1CCC(COCc2cc(CF)cc3cc[nH]c23)(c2ccccc2)CC1. The molecule has 1 aromatic heterocycles. The molecule has 2 heterocycles. The number of aromatic amines is 1. The highest BCUT2D eigenvalue weighted by Crippen LogP contribution is 2.36. The lowest BCUT2D eigenvalue weighted by atomic mass is 9.73. The Morgan fingerprint density at radius 3 is 2.63 bits per heavy atom. The van der Waals surface area contributed by atoms with Gasteiger partial charge in [0.2, 0.25) is 0 Å². The van der Waals surface area contributed by atoms with Crippen molar-refractivity contribution in [1.82, 2.24) is 9.88 Å². The van der Waals surface area contributed by atoms with Gasteiger partial charge in [0.05, 0.1) is 18.7 Å². The summed E-state index contributed by atoms with van der Waals surface area (Å²) >= 11 is 0. The van der Waals surface area contributed by atoms with Crippen molar-refractivity contribution in [1.29, 1.82) is 0 Å². The molecule has 0 radical (unpaired) electrons. The summed E-state index contributed by atoms with van der Waals surface area (Å²) in [5.41, 5.74) is 4.20. The van der Waals surface area contributed by atoms with Crippen molar-refractivity contribution in [2.24, 2.45) is 0 Å². The number of rotatable bonds is 6. The van der Waals surface area contributed by atoms with Gasteiger partial charge in [-0.25, -0.2) is 4.39 Å². The Kier molecular flexibility index (Phi) is 5.28. The van der Waals surface area contributed by atoms with E-state index in [9.17, 15) is 4.39 Å². The number of hydrogen-bond donors (Lipinski definition) is 1. The second-order valence-electron chi connectivity index (χ2n) is 7.77. The Morgan fingerprint density at radius 1 is 1.11 bits per heavy atom. The number of likely N-dealkylation sites (tertiary alicyclic amines) is 1. The van der Waals surface area contributed by atoms with Crippen LogP contribution in [0.25, 0.3) is 10.9 Å². The maximum absolute atomic E-state index is 13.2. The smallest absolute Gasteiger partial charge is 0.115 e. The average Bonchev–Trinajstić information content (AvgIpc) is 3.19. The minimum atomic E-state index is -0.450. The molecular weight excluding hydrogens is 339 g/mol. The van der Waals surface area contributed by atoms with Crippen molar-refractivity contribution < 1.29 is 9.13 Å². The Hall–Kier alpha value is -2.17. The Morgan fingerprint density at radius 2 is 1.89 bits per heavy atom. The first-order chi connectivity index (χ1) is 13.2. The van der Waals surface area contributed by atoms with Crippen molar-refractivity contribution in [2.75, 3.05) is 26.7 Å². The van der Waals surface area contributed by atoms with Crippen molar-refractivity contribution in [3.63, 3.8) is 0 Å². The first-order valence-electron chi connectivity index (χ1n) is 9.67. The molecule has 1 saturated heterocycles. The molecule has 4 rings (SSSR count). The van der Waals surface area contributed by atoms with E-state index in [1.54, 1.807) is 0 Å². The third-order valence-corrected chi connectivity index (χ3v) is 5.92. The van der Waals surface area contributed by atoms with Gasteiger partial charge < -0.3 is 14.6 Å². The largest absolute Gasteiger partial charge is 0.376 e. The van der Waals surface area contributed by atoms with Crippen molar-refractivity contribution >= 4 is 10.9 Å². The molecule has 0 aliphatic carbocycles. The van der Waals surface area contributed by atoms with Crippen LogP contribution < -0.4 is 0 Å². The highest BCUT2D eigenvalue weighted by Gasteiger charge is 2.35. The lowest BCUT2D eigenvalue weighted by molar-refractivity contribution is 0.0411. The number of nitrogens with one attached hydrogen (secondary N) is 1. The van der Waals surface area contributed by atoms with Gasteiger partial charge >= 0.3 is 0 Å². The number of H-pyrrole nitrogens is 1. The van der Waals surface area contributed by atoms with E-state index in [0.717, 1.165) is 42.4 Å². The molecule has 0 amide bonds. The van der Waals surface area contributed by atoms with Gasteiger partial charge in [0.25, 0.3) is 0 Å². The predicted molar refractivity (Wildman–Crippen MR) is 108 cm³/mol. The number of fused-ring (bicyclic) bond motifs is 1. The molecule has 3 nitrogen and oxygen atoms in total. The summed E-state index contributed by atoms with van der Waals surface area (Å²) in [6.07, 6.45) is 4.09. The minimum absolute atomic E-state index is 0.0559. The zero-order valence-electron chi connectivity index (χ0n) is 15.9. The van der Waals surface area contributed by atoms with Crippen LogP contribution in [0.2, 0.25) is 0 Å². The number of benzene rings is 2. The van der Waals surface area contributed by atoms with Gasteiger partial charge in [-0.2, -0.15) is 0 Å². The van der Waals surface area contributed by atoms with Crippen molar-refractivity contribution in [3.8, 4) is 0 Å². The average molecular weight is 366 g/mol. The van der Waals surface area contributed by atoms with E-state index in [1.165, 1.54) is 5.56 Å². The first-order valence-corrected chi connectivity index (χ1v) is 9.67. The van der Waals surface area contributed by atoms with Crippen LogP contribution in [0.5, 0.6) is 0 Å². The van der Waals surface area contributed by atoms with Crippen LogP contribution in [0.3, 0.4) is 0 Å². The Balaban J connectivity index is 1.53. The Labute approximate surface area is 160 Å². The summed E-state index contributed by atoms with van der Waals surface area (Å²) in [4.78, 5) is 5.65. The monoisotopic (exact) mass is 366 g/mol. The van der Waals surface area contributed by atoms with Crippen molar-refractivity contribution in [2.45, 2.75) is 31.5 Å². The first kappa shape index (κ1) is 18.2. The number of nitrogens with zero attached hydrogens (tertiary/aromatic N) is 1. The third kappa shape index (κ3) is 3.78. The van der Waals surface area contributed by atoms with E-state index in [0.29, 0.717) is 18.8 Å². The van der Waals surface area contributed by atoms with Crippen LogP contribution in [0.15, 0.2) is 54.7 Å². The molecule has 27 heavy (non-hydrogen) atoms. The van der Waals surface area contributed by atoms with Crippen LogP contribution in [0.4, 0.5) is 4.39 Å². The second kappa shape index (κ2) is 7.83. The molecule has 0 spiro atoms. The minimum Gasteiger partial charge on any atom is -0.376 e. The topological polar surface area (TPSA) is 28.3 Å². The second-order valence-corrected chi connectivity index (χ2v) is 7.77. The summed E-state index contributed by atoms with van der Waals surface area (Å²) in [5, 5.41) is 1.04. The fraction of sp³-hybridized carbons (Fsp3) is 0.391. The molecule has 0 atom stereocenters. The molecular formula is C23H27FN2O. The standard InChI is InChI=1S/C23H27FN2O/c1-26-11-8-23(9-12-26,21-5-3-2-4-6-21)17-27-16-20-14-18(15-24)13-19-7-10-25-22(19)20/h2-7,10,13-14,25H,8-9,11-12,15-17H2,1H3. The van der Waals surface area contributed by atoms with Crippen LogP contribution in [-0.4, -0.2) is 36.6 Å². The van der Waals surface area contributed by atoms with Gasteiger partial charge in [0, 0.05) is 22.6 Å². The van der Waals surface area contributed by atoms with Gasteiger partial charge in [0.1, 0.15) is 6.67 Å². The molecule has 1 N–H and O–H groups in total. The summed E-state index contributed by atoms with van der Waals surface area (Å²) < 4.78 is 19.5. The molecule has 1 fully saturated rings. The number of hydrogen-bond acceptors (Lipinski definition) is 2. The lowest BCUT2D eigenvalue weighted by Crippen LogP contribution is -2.43. The summed E-state index contributed by atoms with van der Waals surface area (Å²) in [7, 11) is 2.18. The maximum atomic E-state index is 13.2. The zero-order valence-corrected chi connectivity index (χ0v) is 15.9. The van der Waals surface area contributed by atoms with Crippen LogP contribution in [-0.2, 0) is 23.4 Å². The lowest BCUT2D eigenvalue weighted by Gasteiger charge is -2.41. The molecule has 1 aliphatic rings. The summed E-state index contributed by atoms with van der Waals surface area (Å²) in [6.45, 7) is 2.89. The van der Waals surface area contributed by atoms with Gasteiger partial charge in [-0.3, -0.25) is 0 Å². The molecule has 0 unspecified atom stereocenters. The summed E-state index contributed by atoms with van der Waals surface area (Å²) in [6, 6.07) is 16.5. The molecule has 2 aromatic carbocycles. The highest BCUT2D eigenvalue weighted by atomic mass is 19.1. The van der Waals surface area contributed by atoms with E-state index in [4.69, 9.17) is 4.74 Å². The molecule has 0 saturated carbocycles. The number of halogens is 1. The van der Waals surface area contributed by atoms with E-state index in [1.807, 2.05) is 24.4 Å². The van der Waals surface area contributed by atoms with Crippen molar-refractivity contribution in [3.05, 3.63) is 71.4 Å².